The second kappa shape index (κ2) is 6.26. The van der Waals surface area contributed by atoms with Crippen LogP contribution in [0, 0.1) is 17.2 Å². The fraction of sp³-hybridized carbons (Fsp3) is 0.312. The lowest BCUT2D eigenvalue weighted by atomic mass is 9.80. The molecule has 7 heteroatoms. The van der Waals surface area contributed by atoms with Gasteiger partial charge in [-0.1, -0.05) is 42.5 Å². The number of rotatable bonds is 4. The highest BCUT2D eigenvalue weighted by Gasteiger charge is 2.43. The van der Waals surface area contributed by atoms with Gasteiger partial charge in [0.05, 0.1) is 11.1 Å². The van der Waals surface area contributed by atoms with Gasteiger partial charge in [0.2, 0.25) is 0 Å². The zero-order valence-electron chi connectivity index (χ0n) is 12.6. The average molecular weight is 332 g/mol. The molecule has 0 aliphatic carbocycles. The number of benzene rings is 1. The maximum Gasteiger partial charge on any atom is 0.345 e. The molecule has 0 radical (unpaired) electrons. The first-order valence-corrected chi connectivity index (χ1v) is 7.27. The van der Waals surface area contributed by atoms with Crippen LogP contribution in [-0.4, -0.2) is 21.9 Å². The first-order chi connectivity index (χ1) is 10.8. The van der Waals surface area contributed by atoms with Gasteiger partial charge < -0.3 is 20.3 Å². The normalized spacial score (nSPS) is 19.1. The first kappa shape index (κ1) is 16.8. The predicted molar refractivity (Wildman–Crippen MR) is 86.0 cm³/mol. The van der Waals surface area contributed by atoms with Crippen molar-refractivity contribution in [3.05, 3.63) is 47.4 Å². The van der Waals surface area contributed by atoms with Gasteiger partial charge in [-0.05, 0) is 5.56 Å². The highest BCUT2D eigenvalue weighted by molar-refractivity contribution is 7.80. The van der Waals surface area contributed by atoms with E-state index in [4.69, 9.17) is 27.4 Å². The number of thiocarbonyl (C=S) groups is 1. The molecule has 0 saturated carbocycles. The monoisotopic (exact) mass is 332 g/mol. The molecule has 0 amide bonds. The largest absolute Gasteiger partial charge is 0.480 e. The molecule has 6 nitrogen and oxygen atoms in total. The van der Waals surface area contributed by atoms with Gasteiger partial charge in [0.25, 0.3) is 11.7 Å². The van der Waals surface area contributed by atoms with Gasteiger partial charge in [0.15, 0.2) is 0 Å². The van der Waals surface area contributed by atoms with Crippen LogP contribution in [-0.2, 0) is 14.3 Å². The van der Waals surface area contributed by atoms with Gasteiger partial charge in [0.1, 0.15) is 11.5 Å². The molecule has 1 aromatic carbocycles. The number of aliphatic hydroxyl groups excluding tert-OH is 1. The smallest absolute Gasteiger partial charge is 0.345 e. The number of esters is 1. The Labute approximate surface area is 139 Å². The summed E-state index contributed by atoms with van der Waals surface area (Å²) in [6.07, 6.45) is 0. The van der Waals surface area contributed by atoms with Crippen LogP contribution in [0.4, 0.5) is 0 Å². The summed E-state index contributed by atoms with van der Waals surface area (Å²) in [4.78, 5) is 12.3. The minimum Gasteiger partial charge on any atom is -0.480 e. The fourth-order valence-corrected chi connectivity index (χ4v) is 2.61. The van der Waals surface area contributed by atoms with Crippen LogP contribution in [0.2, 0.25) is 0 Å². The molecular formula is C16H16N2O4S. The van der Waals surface area contributed by atoms with Crippen molar-refractivity contribution >= 4 is 23.2 Å². The van der Waals surface area contributed by atoms with Crippen LogP contribution in [0.5, 0.6) is 0 Å². The van der Waals surface area contributed by atoms with E-state index >= 15 is 0 Å². The Morgan fingerprint density at radius 3 is 2.43 bits per heavy atom. The van der Waals surface area contributed by atoms with E-state index in [1.54, 1.807) is 30.3 Å². The maximum atomic E-state index is 12.4. The van der Waals surface area contributed by atoms with Crippen molar-refractivity contribution in [2.75, 3.05) is 0 Å². The van der Waals surface area contributed by atoms with E-state index in [-0.39, 0.29) is 10.6 Å². The second-order valence-corrected chi connectivity index (χ2v) is 5.98. The van der Waals surface area contributed by atoms with Crippen LogP contribution in [0.25, 0.3) is 0 Å². The molecule has 0 fully saturated rings. The van der Waals surface area contributed by atoms with E-state index < -0.39 is 29.5 Å². The lowest BCUT2D eigenvalue weighted by Gasteiger charge is -2.34. The highest BCUT2D eigenvalue weighted by Crippen LogP contribution is 2.38. The number of hydrogen-bond acceptors (Lipinski definition) is 6. The minimum atomic E-state index is -1.29. The second-order valence-electron chi connectivity index (χ2n) is 5.51. The number of hydrogen-bond donors (Lipinski definition) is 2. The fourth-order valence-electron chi connectivity index (χ4n) is 2.42. The Kier molecular flexibility index (Phi) is 4.57. The van der Waals surface area contributed by atoms with Crippen LogP contribution in [0.1, 0.15) is 25.3 Å². The number of cyclic esters (lactones) is 1. The zero-order chi connectivity index (χ0) is 17.2. The Morgan fingerprint density at radius 2 is 1.96 bits per heavy atom. The molecule has 0 spiro atoms. The summed E-state index contributed by atoms with van der Waals surface area (Å²) in [5.74, 6) is -4.54. The lowest BCUT2D eigenvalue weighted by Crippen LogP contribution is -2.40. The van der Waals surface area contributed by atoms with E-state index in [1.165, 1.54) is 13.8 Å². The predicted octanol–water partition coefficient (Wildman–Crippen LogP) is 2.28. The van der Waals surface area contributed by atoms with E-state index in [2.05, 4.69) is 0 Å². The Hall–Kier alpha value is -2.59. The van der Waals surface area contributed by atoms with Gasteiger partial charge in [-0.3, -0.25) is 0 Å². The van der Waals surface area contributed by atoms with E-state index in [0.29, 0.717) is 5.56 Å². The summed E-state index contributed by atoms with van der Waals surface area (Å²) >= 11 is 4.94. The number of nitriles is 1. The molecule has 2 unspecified atom stereocenters. The summed E-state index contributed by atoms with van der Waals surface area (Å²) in [5, 5.41) is 19.6. The number of ether oxygens (including phenoxy) is 2. The SMILES string of the molecule is CC1(C)OC(=O)C(C(c2ccccc2)C(C#N)C(N)=S)=C(O)O1. The lowest BCUT2D eigenvalue weighted by molar-refractivity contribution is -0.222. The van der Waals surface area contributed by atoms with Crippen molar-refractivity contribution in [2.24, 2.45) is 11.7 Å². The summed E-state index contributed by atoms with van der Waals surface area (Å²) in [6, 6.07) is 10.7. The van der Waals surface area contributed by atoms with Gasteiger partial charge in [-0.2, -0.15) is 5.26 Å². The van der Waals surface area contributed by atoms with Gasteiger partial charge in [-0.15, -0.1) is 0 Å². The minimum absolute atomic E-state index is 0.0840. The van der Waals surface area contributed by atoms with E-state index in [1.807, 2.05) is 6.07 Å². The third kappa shape index (κ3) is 3.43. The van der Waals surface area contributed by atoms with Gasteiger partial charge in [-0.25, -0.2) is 4.79 Å². The van der Waals surface area contributed by atoms with E-state index in [9.17, 15) is 15.2 Å². The summed E-state index contributed by atoms with van der Waals surface area (Å²) < 4.78 is 10.4. The topological polar surface area (TPSA) is 106 Å². The Bertz CT molecular complexity index is 707. The molecule has 1 aromatic rings. The van der Waals surface area contributed by atoms with Gasteiger partial charge >= 0.3 is 5.97 Å². The molecule has 2 rings (SSSR count). The molecule has 0 aromatic heterocycles. The summed E-state index contributed by atoms with van der Waals surface area (Å²) in [7, 11) is 0. The Balaban J connectivity index is 2.61. The van der Waals surface area contributed by atoms with Crippen molar-refractivity contribution < 1.29 is 19.4 Å². The molecular weight excluding hydrogens is 316 g/mol. The number of aliphatic hydroxyl groups is 1. The van der Waals surface area contributed by atoms with Gasteiger partial charge in [0, 0.05) is 19.8 Å². The molecule has 120 valence electrons. The van der Waals surface area contributed by atoms with Crippen LogP contribution in [0.3, 0.4) is 0 Å². The quantitative estimate of drug-likeness (QED) is 0.643. The van der Waals surface area contributed by atoms with Crippen molar-refractivity contribution in [2.45, 2.75) is 25.6 Å². The zero-order valence-corrected chi connectivity index (χ0v) is 13.5. The maximum absolute atomic E-state index is 12.4. The van der Waals surface area contributed by atoms with Crippen LogP contribution < -0.4 is 5.73 Å². The van der Waals surface area contributed by atoms with Crippen LogP contribution >= 0.6 is 12.2 Å². The third-order valence-corrected chi connectivity index (χ3v) is 3.63. The number of carbonyl (C=O) groups excluding carboxylic acids is 1. The summed E-state index contributed by atoms with van der Waals surface area (Å²) in [5.41, 5.74) is 6.07. The molecule has 1 aliphatic rings. The standard InChI is InChI=1S/C16H16N2O4S/c1-16(2)21-14(19)12(15(20)22-16)11(10(8-17)13(18)23)9-6-4-3-5-7-9/h3-7,10-11,19H,1-2H3,(H2,18,23). The number of nitrogens with zero attached hydrogens (tertiary/aromatic N) is 1. The number of nitrogens with two attached hydrogens (primary N) is 1. The van der Waals surface area contributed by atoms with Crippen molar-refractivity contribution in [1.82, 2.24) is 0 Å². The molecule has 0 saturated heterocycles. The number of carbonyl (C=O) groups is 1. The third-order valence-electron chi connectivity index (χ3n) is 3.38. The van der Waals surface area contributed by atoms with E-state index in [0.717, 1.165) is 0 Å². The molecule has 3 N–H and O–H groups in total. The molecule has 0 bridgehead atoms. The summed E-state index contributed by atoms with van der Waals surface area (Å²) in [6.45, 7) is 2.98. The Morgan fingerprint density at radius 1 is 1.35 bits per heavy atom. The highest BCUT2D eigenvalue weighted by atomic mass is 32.1. The first-order valence-electron chi connectivity index (χ1n) is 6.86. The van der Waals surface area contributed by atoms with Crippen molar-refractivity contribution in [3.8, 4) is 6.07 Å². The van der Waals surface area contributed by atoms with Crippen LogP contribution in [0.15, 0.2) is 41.9 Å². The van der Waals surface area contributed by atoms with Crippen molar-refractivity contribution in [3.63, 3.8) is 0 Å². The average Bonchev–Trinajstić information content (AvgIpc) is 2.45. The molecule has 23 heavy (non-hydrogen) atoms. The molecule has 2 atom stereocenters. The molecule has 1 aliphatic heterocycles. The van der Waals surface area contributed by atoms with Crippen molar-refractivity contribution in [1.29, 1.82) is 5.26 Å². The molecule has 1 heterocycles.